The molecule has 0 spiro atoms. The van der Waals surface area contributed by atoms with Crippen molar-refractivity contribution in [2.75, 3.05) is 20.6 Å². The summed E-state index contributed by atoms with van der Waals surface area (Å²) in [5.41, 5.74) is 6.42. The maximum Gasteiger partial charge on any atom is 0.248 e. The highest BCUT2D eigenvalue weighted by atomic mass is 16.2. The average molecular weight is 450 g/mol. The van der Waals surface area contributed by atoms with Gasteiger partial charge in [-0.05, 0) is 0 Å². The number of hydrazine groups is 2. The van der Waals surface area contributed by atoms with Crippen LogP contribution < -0.4 is 10.9 Å². The third-order valence-corrected chi connectivity index (χ3v) is 4.18. The molecule has 0 heterocycles. The normalized spacial score (nSPS) is 11.4. The van der Waals surface area contributed by atoms with Crippen molar-refractivity contribution >= 4 is 35.7 Å². The van der Waals surface area contributed by atoms with Gasteiger partial charge >= 0.3 is 0 Å². The number of benzene rings is 2. The Labute approximate surface area is 191 Å². The molecule has 3 amide bonds. The van der Waals surface area contributed by atoms with Crippen LogP contribution in [0.1, 0.15) is 24.5 Å². The number of amides is 3. The molecular formula is C23H26N6O4. The molecule has 33 heavy (non-hydrogen) atoms. The van der Waals surface area contributed by atoms with Crippen molar-refractivity contribution in [1.29, 1.82) is 0 Å². The van der Waals surface area contributed by atoms with Gasteiger partial charge < -0.3 is 4.79 Å². The fourth-order valence-electron chi connectivity index (χ4n) is 2.88. The predicted molar refractivity (Wildman–Crippen MR) is 124 cm³/mol. The first-order valence-electron chi connectivity index (χ1n) is 10.1. The van der Waals surface area contributed by atoms with Gasteiger partial charge in [0.25, 0.3) is 0 Å². The van der Waals surface area contributed by atoms with Crippen molar-refractivity contribution in [3.8, 4) is 0 Å². The van der Waals surface area contributed by atoms with Crippen LogP contribution >= 0.6 is 0 Å². The van der Waals surface area contributed by atoms with Crippen molar-refractivity contribution in [3.05, 3.63) is 71.8 Å². The fourth-order valence-corrected chi connectivity index (χ4v) is 2.88. The summed E-state index contributed by atoms with van der Waals surface area (Å²) in [6.07, 6.45) is 0.154. The summed E-state index contributed by atoms with van der Waals surface area (Å²) in [4.78, 5) is 55.3. The molecule has 0 radical (unpaired) electrons. The van der Waals surface area contributed by atoms with Gasteiger partial charge in [-0.15, -0.1) is 0 Å². The first kappa shape index (κ1) is 24.9. The topological polar surface area (TPSA) is 124 Å². The Bertz CT molecular complexity index is 1040. The van der Waals surface area contributed by atoms with E-state index in [2.05, 4.69) is 20.8 Å². The second-order valence-electron chi connectivity index (χ2n) is 6.88. The monoisotopic (exact) mass is 450 g/mol. The van der Waals surface area contributed by atoms with Gasteiger partial charge in [-0.2, -0.15) is 4.99 Å². The predicted octanol–water partition coefficient (Wildman–Crippen LogP) is 0.942. The second-order valence-corrected chi connectivity index (χ2v) is 6.88. The fraction of sp³-hybridized carbons (Fsp3) is 0.217. The van der Waals surface area contributed by atoms with Crippen LogP contribution in [-0.2, 0) is 19.2 Å². The molecule has 172 valence electrons. The molecule has 0 saturated carbocycles. The van der Waals surface area contributed by atoms with Gasteiger partial charge in [0.15, 0.2) is 5.84 Å². The van der Waals surface area contributed by atoms with Gasteiger partial charge in [0, 0.05) is 32.1 Å². The Morgan fingerprint density at radius 2 is 1.27 bits per heavy atom. The minimum absolute atomic E-state index is 0.0759. The molecule has 2 N–H and O–H groups in total. The van der Waals surface area contributed by atoms with E-state index in [0.717, 1.165) is 0 Å². The average Bonchev–Trinajstić information content (AvgIpc) is 2.78. The number of nitrogens with one attached hydrogen (secondary N) is 2. The third-order valence-electron chi connectivity index (χ3n) is 4.18. The van der Waals surface area contributed by atoms with Crippen LogP contribution in [-0.4, -0.2) is 66.3 Å². The van der Waals surface area contributed by atoms with Crippen LogP contribution in [0.15, 0.2) is 70.6 Å². The van der Waals surface area contributed by atoms with Gasteiger partial charge in [0.05, 0.1) is 6.54 Å². The van der Waals surface area contributed by atoms with Crippen molar-refractivity contribution < 1.29 is 19.2 Å². The summed E-state index contributed by atoms with van der Waals surface area (Å²) in [5.74, 6) is -1.03. The SMILES string of the molecule is CC(=O)/N=C(\c1ccccc1)N(C)NC(=O)CC(=O)NN(C)/C(=N/CC=O)c1ccccc1. The number of carbonyl (C=O) groups excluding carboxylic acids is 4. The number of rotatable bonds is 6. The molecule has 2 rings (SSSR count). The van der Waals surface area contributed by atoms with Crippen LogP contribution in [0.4, 0.5) is 0 Å². The number of amidine groups is 2. The van der Waals surface area contributed by atoms with E-state index >= 15 is 0 Å². The Balaban J connectivity index is 2.03. The van der Waals surface area contributed by atoms with Crippen LogP contribution in [0.2, 0.25) is 0 Å². The molecule has 0 aliphatic rings. The number of aliphatic imine (C=N–C) groups is 2. The highest BCUT2D eigenvalue weighted by Gasteiger charge is 2.18. The lowest BCUT2D eigenvalue weighted by molar-refractivity contribution is -0.132. The number of hydrogen-bond acceptors (Lipinski definition) is 5. The van der Waals surface area contributed by atoms with Gasteiger partial charge in [0.2, 0.25) is 17.7 Å². The summed E-state index contributed by atoms with van der Waals surface area (Å²) < 4.78 is 0. The highest BCUT2D eigenvalue weighted by molar-refractivity contribution is 6.06. The molecule has 0 unspecified atom stereocenters. The van der Waals surface area contributed by atoms with E-state index in [1.165, 1.54) is 24.0 Å². The standard InChI is InChI=1S/C23H26N6O4/c1-17(31)25-23(19-12-8-5-9-13-19)29(3)27-21(33)16-20(32)26-28(2)22(24-14-15-30)18-10-6-4-7-11-18/h4-13,15H,14,16H2,1-3H3,(H,26,32)(H,27,33)/b24-22+,25-23+. The summed E-state index contributed by atoms with van der Waals surface area (Å²) in [5, 5.41) is 2.64. The van der Waals surface area contributed by atoms with Crippen molar-refractivity contribution in [3.63, 3.8) is 0 Å². The van der Waals surface area contributed by atoms with Crippen molar-refractivity contribution in [2.24, 2.45) is 9.98 Å². The molecule has 10 heteroatoms. The van der Waals surface area contributed by atoms with E-state index < -0.39 is 24.1 Å². The molecule has 0 aromatic heterocycles. The number of aldehydes is 1. The van der Waals surface area contributed by atoms with Crippen molar-refractivity contribution in [1.82, 2.24) is 20.9 Å². The van der Waals surface area contributed by atoms with Gasteiger partial charge in [-0.3, -0.25) is 40.2 Å². The molecule has 0 saturated heterocycles. The zero-order valence-electron chi connectivity index (χ0n) is 18.7. The Morgan fingerprint density at radius 3 is 1.73 bits per heavy atom. The van der Waals surface area contributed by atoms with E-state index in [-0.39, 0.29) is 12.4 Å². The third kappa shape index (κ3) is 8.02. The largest absolute Gasteiger partial charge is 0.301 e. The Kier molecular flexibility index (Phi) is 9.44. The molecule has 2 aromatic carbocycles. The van der Waals surface area contributed by atoms with E-state index in [4.69, 9.17) is 0 Å². The Morgan fingerprint density at radius 1 is 0.818 bits per heavy atom. The van der Waals surface area contributed by atoms with Crippen LogP contribution in [0.3, 0.4) is 0 Å². The summed E-state index contributed by atoms with van der Waals surface area (Å²) in [7, 11) is 3.09. The first-order valence-corrected chi connectivity index (χ1v) is 10.1. The highest BCUT2D eigenvalue weighted by Crippen LogP contribution is 2.05. The molecular weight excluding hydrogens is 424 g/mol. The zero-order chi connectivity index (χ0) is 24.2. The molecule has 0 aliphatic carbocycles. The lowest BCUT2D eigenvalue weighted by Crippen LogP contribution is -2.48. The molecule has 2 aromatic rings. The zero-order valence-corrected chi connectivity index (χ0v) is 18.7. The van der Waals surface area contributed by atoms with Crippen LogP contribution in [0, 0.1) is 0 Å². The number of carbonyl (C=O) groups is 4. The smallest absolute Gasteiger partial charge is 0.248 e. The van der Waals surface area contributed by atoms with E-state index in [0.29, 0.717) is 23.2 Å². The maximum absolute atomic E-state index is 12.4. The van der Waals surface area contributed by atoms with Crippen molar-refractivity contribution in [2.45, 2.75) is 13.3 Å². The number of nitrogens with zero attached hydrogens (tertiary/aromatic N) is 4. The van der Waals surface area contributed by atoms with E-state index in [9.17, 15) is 19.2 Å². The van der Waals surface area contributed by atoms with Gasteiger partial charge in [0.1, 0.15) is 18.5 Å². The van der Waals surface area contributed by atoms with Gasteiger partial charge in [-0.1, -0.05) is 60.7 Å². The van der Waals surface area contributed by atoms with Crippen LogP contribution in [0.5, 0.6) is 0 Å². The summed E-state index contributed by atoms with van der Waals surface area (Å²) in [6.45, 7) is 1.23. The second kappa shape index (κ2) is 12.5. The molecule has 0 aliphatic heterocycles. The first-order chi connectivity index (χ1) is 15.8. The number of hydrogen-bond donors (Lipinski definition) is 2. The quantitative estimate of drug-likeness (QED) is 0.222. The summed E-state index contributed by atoms with van der Waals surface area (Å²) in [6, 6.07) is 17.9. The minimum Gasteiger partial charge on any atom is -0.301 e. The molecule has 0 atom stereocenters. The molecule has 0 fully saturated rings. The van der Waals surface area contributed by atoms with Gasteiger partial charge in [-0.25, -0.2) is 0 Å². The summed E-state index contributed by atoms with van der Waals surface area (Å²) >= 11 is 0. The lowest BCUT2D eigenvalue weighted by atomic mass is 10.2. The Hall–Kier alpha value is -4.34. The van der Waals surface area contributed by atoms with E-state index in [1.807, 2.05) is 12.1 Å². The molecule has 0 bridgehead atoms. The lowest BCUT2D eigenvalue weighted by Gasteiger charge is -2.24. The minimum atomic E-state index is -0.610. The maximum atomic E-state index is 12.4. The van der Waals surface area contributed by atoms with Crippen LogP contribution in [0.25, 0.3) is 0 Å². The van der Waals surface area contributed by atoms with E-state index in [1.54, 1.807) is 55.6 Å². The molecule has 10 nitrogen and oxygen atoms in total.